The van der Waals surface area contributed by atoms with Gasteiger partial charge in [-0.15, -0.1) is 11.3 Å². The third-order valence-corrected chi connectivity index (χ3v) is 4.24. The van der Waals surface area contributed by atoms with Gasteiger partial charge in [0.15, 0.2) is 0 Å². The molecule has 0 aliphatic carbocycles. The summed E-state index contributed by atoms with van der Waals surface area (Å²) in [6.07, 6.45) is 1.04. The Bertz CT molecular complexity index is 284. The summed E-state index contributed by atoms with van der Waals surface area (Å²) in [5.41, 5.74) is 1.22. The van der Waals surface area contributed by atoms with Gasteiger partial charge in [-0.1, -0.05) is 13.8 Å². The molecule has 86 valence electrons. The molecule has 4 heteroatoms. The zero-order valence-electron chi connectivity index (χ0n) is 9.91. The molecule has 1 rings (SSSR count). The number of thiazole rings is 1. The molecule has 1 aromatic heterocycles. The Kier molecular flexibility index (Phi) is 5.64. The van der Waals surface area contributed by atoms with Crippen molar-refractivity contribution in [3.8, 4) is 0 Å². The molecule has 15 heavy (non-hydrogen) atoms. The van der Waals surface area contributed by atoms with Gasteiger partial charge in [-0.25, -0.2) is 4.98 Å². The van der Waals surface area contributed by atoms with Crippen LogP contribution in [0.15, 0.2) is 5.38 Å². The Labute approximate surface area is 101 Å². The average Bonchev–Trinajstić information content (AvgIpc) is 2.58. The molecule has 0 bridgehead atoms. The van der Waals surface area contributed by atoms with Crippen LogP contribution in [0.3, 0.4) is 0 Å². The topological polar surface area (TPSA) is 24.9 Å². The first-order valence-corrected chi connectivity index (χ1v) is 7.24. The van der Waals surface area contributed by atoms with Crippen LogP contribution in [0.1, 0.15) is 24.5 Å². The lowest BCUT2D eigenvalue weighted by Gasteiger charge is -2.15. The molecule has 2 nitrogen and oxygen atoms in total. The van der Waals surface area contributed by atoms with Gasteiger partial charge in [0.25, 0.3) is 0 Å². The van der Waals surface area contributed by atoms with Crippen LogP contribution >= 0.6 is 23.1 Å². The molecule has 0 saturated heterocycles. The van der Waals surface area contributed by atoms with Crippen molar-refractivity contribution in [1.29, 1.82) is 0 Å². The van der Waals surface area contributed by atoms with Gasteiger partial charge >= 0.3 is 0 Å². The maximum Gasteiger partial charge on any atom is 0.0897 e. The number of nitrogens with zero attached hydrogens (tertiary/aromatic N) is 1. The Balaban J connectivity index is 2.39. The van der Waals surface area contributed by atoms with Crippen molar-refractivity contribution in [2.24, 2.45) is 0 Å². The molecule has 0 aromatic carbocycles. The van der Waals surface area contributed by atoms with Gasteiger partial charge in [0, 0.05) is 23.6 Å². The third-order valence-electron chi connectivity index (χ3n) is 2.16. The van der Waals surface area contributed by atoms with Gasteiger partial charge in [0.2, 0.25) is 0 Å². The highest BCUT2D eigenvalue weighted by Crippen LogP contribution is 2.15. The number of aryl methyl sites for hydroxylation is 1. The van der Waals surface area contributed by atoms with Crippen molar-refractivity contribution < 1.29 is 0 Å². The first-order chi connectivity index (χ1) is 7.11. The predicted octanol–water partition coefficient (Wildman–Crippen LogP) is 2.72. The molecule has 0 aliphatic heterocycles. The Morgan fingerprint density at radius 3 is 2.73 bits per heavy atom. The van der Waals surface area contributed by atoms with Crippen LogP contribution in [0.2, 0.25) is 0 Å². The van der Waals surface area contributed by atoms with E-state index < -0.39 is 0 Å². The quantitative estimate of drug-likeness (QED) is 0.833. The highest BCUT2D eigenvalue weighted by Gasteiger charge is 2.10. The second-order valence-corrected chi connectivity index (χ2v) is 6.60. The first kappa shape index (κ1) is 13.0. The van der Waals surface area contributed by atoms with Gasteiger partial charge in [-0.3, -0.25) is 0 Å². The molecular formula is C11H20N2S2. The van der Waals surface area contributed by atoms with Crippen molar-refractivity contribution >= 4 is 23.1 Å². The zero-order valence-corrected chi connectivity index (χ0v) is 11.5. The van der Waals surface area contributed by atoms with Crippen LogP contribution in [0.25, 0.3) is 0 Å². The van der Waals surface area contributed by atoms with E-state index in [4.69, 9.17) is 0 Å². The zero-order chi connectivity index (χ0) is 11.3. The lowest BCUT2D eigenvalue weighted by Crippen LogP contribution is -2.30. The number of hydrogen-bond donors (Lipinski definition) is 1. The molecular weight excluding hydrogens is 224 g/mol. The molecule has 0 amide bonds. The van der Waals surface area contributed by atoms with Crippen molar-refractivity contribution in [2.75, 3.05) is 12.8 Å². The number of likely N-dealkylation sites (N-methyl/N-ethyl adjacent to an activating group) is 1. The van der Waals surface area contributed by atoms with E-state index in [-0.39, 0.29) is 0 Å². The third kappa shape index (κ3) is 5.00. The number of rotatable bonds is 6. The summed E-state index contributed by atoms with van der Waals surface area (Å²) in [6, 6.07) is 0.541. The maximum absolute atomic E-state index is 4.49. The number of aromatic nitrogens is 1. The normalized spacial score (nSPS) is 13.4. The highest BCUT2D eigenvalue weighted by molar-refractivity contribution is 7.99. The number of hydrogen-bond acceptors (Lipinski definition) is 4. The van der Waals surface area contributed by atoms with Gasteiger partial charge < -0.3 is 5.32 Å². The van der Waals surface area contributed by atoms with Crippen LogP contribution in [0.4, 0.5) is 0 Å². The van der Waals surface area contributed by atoms with E-state index in [2.05, 4.69) is 36.5 Å². The second-order valence-electron chi connectivity index (χ2n) is 3.93. The second kappa shape index (κ2) is 6.51. The minimum absolute atomic E-state index is 0.541. The van der Waals surface area contributed by atoms with E-state index >= 15 is 0 Å². The molecule has 0 fully saturated rings. The van der Waals surface area contributed by atoms with Crippen molar-refractivity contribution in [1.82, 2.24) is 10.3 Å². The Morgan fingerprint density at radius 1 is 1.53 bits per heavy atom. The fraction of sp³-hybridized carbons (Fsp3) is 0.727. The van der Waals surface area contributed by atoms with E-state index in [0.717, 1.165) is 17.2 Å². The molecule has 0 saturated carbocycles. The van der Waals surface area contributed by atoms with Crippen molar-refractivity contribution in [2.45, 2.75) is 38.5 Å². The monoisotopic (exact) mass is 244 g/mol. The van der Waals surface area contributed by atoms with Crippen LogP contribution in [0.5, 0.6) is 0 Å². The maximum atomic E-state index is 4.49. The van der Waals surface area contributed by atoms with Crippen LogP contribution < -0.4 is 5.32 Å². The SMILES string of the molecule is CNC(CSC(C)C)Cc1csc(C)n1. The molecule has 1 atom stereocenters. The minimum atomic E-state index is 0.541. The summed E-state index contributed by atoms with van der Waals surface area (Å²) in [5.74, 6) is 1.16. The Morgan fingerprint density at radius 2 is 2.27 bits per heavy atom. The van der Waals surface area contributed by atoms with Crippen molar-refractivity contribution in [3.05, 3.63) is 16.1 Å². The average molecular weight is 244 g/mol. The predicted molar refractivity (Wildman–Crippen MR) is 71.0 cm³/mol. The molecule has 1 aromatic rings. The lowest BCUT2D eigenvalue weighted by atomic mass is 10.2. The van der Waals surface area contributed by atoms with Crippen LogP contribution in [-0.4, -0.2) is 29.1 Å². The molecule has 1 N–H and O–H groups in total. The van der Waals surface area contributed by atoms with Crippen LogP contribution in [-0.2, 0) is 6.42 Å². The van der Waals surface area contributed by atoms with Gasteiger partial charge in [0.05, 0.1) is 10.7 Å². The van der Waals surface area contributed by atoms with E-state index in [0.29, 0.717) is 11.3 Å². The van der Waals surface area contributed by atoms with Gasteiger partial charge in [-0.05, 0) is 19.2 Å². The fourth-order valence-corrected chi connectivity index (χ4v) is 2.83. The smallest absolute Gasteiger partial charge is 0.0897 e. The Hall–Kier alpha value is -0.0600. The number of nitrogens with one attached hydrogen (secondary N) is 1. The summed E-state index contributed by atoms with van der Waals surface area (Å²) >= 11 is 3.74. The van der Waals surface area contributed by atoms with Crippen LogP contribution in [0, 0.1) is 6.92 Å². The summed E-state index contributed by atoms with van der Waals surface area (Å²) in [7, 11) is 2.03. The highest BCUT2D eigenvalue weighted by atomic mass is 32.2. The number of thioether (sulfide) groups is 1. The molecule has 1 heterocycles. The molecule has 0 radical (unpaired) electrons. The fourth-order valence-electron chi connectivity index (χ4n) is 1.31. The summed E-state index contributed by atoms with van der Waals surface area (Å²) in [5, 5.41) is 7.40. The summed E-state index contributed by atoms with van der Waals surface area (Å²) in [6.45, 7) is 6.54. The molecule has 0 aliphatic rings. The van der Waals surface area contributed by atoms with Crippen molar-refractivity contribution in [3.63, 3.8) is 0 Å². The molecule has 1 unspecified atom stereocenters. The summed E-state index contributed by atoms with van der Waals surface area (Å²) in [4.78, 5) is 4.49. The van der Waals surface area contributed by atoms with E-state index in [1.54, 1.807) is 11.3 Å². The standard InChI is InChI=1S/C11H20N2S2/c1-8(2)14-6-10(12-4)5-11-7-15-9(3)13-11/h7-8,10,12H,5-6H2,1-4H3. The molecule has 0 spiro atoms. The largest absolute Gasteiger partial charge is 0.316 e. The summed E-state index contributed by atoms with van der Waals surface area (Å²) < 4.78 is 0. The first-order valence-electron chi connectivity index (χ1n) is 5.31. The minimum Gasteiger partial charge on any atom is -0.316 e. The van der Waals surface area contributed by atoms with Gasteiger partial charge in [0.1, 0.15) is 0 Å². The van der Waals surface area contributed by atoms with E-state index in [1.807, 2.05) is 18.8 Å². The van der Waals surface area contributed by atoms with Gasteiger partial charge in [-0.2, -0.15) is 11.8 Å². The van der Waals surface area contributed by atoms with E-state index in [9.17, 15) is 0 Å². The lowest BCUT2D eigenvalue weighted by molar-refractivity contribution is 0.609. The van der Waals surface area contributed by atoms with E-state index in [1.165, 1.54) is 5.69 Å².